The van der Waals surface area contributed by atoms with E-state index in [4.69, 9.17) is 10.4 Å². The molecule has 0 fully saturated rings. The van der Waals surface area contributed by atoms with Crippen LogP contribution in [0.25, 0.3) is 0 Å². The van der Waals surface area contributed by atoms with Crippen LogP contribution in [0.1, 0.15) is 27.0 Å². The van der Waals surface area contributed by atoms with Crippen molar-refractivity contribution >= 4 is 5.97 Å². The van der Waals surface area contributed by atoms with Crippen molar-refractivity contribution in [2.24, 2.45) is 0 Å². The van der Waals surface area contributed by atoms with E-state index in [-0.39, 0.29) is 12.1 Å². The maximum Gasteiger partial charge on any atom is 0.417 e. The predicted molar refractivity (Wildman–Crippen MR) is 48.1 cm³/mol. The van der Waals surface area contributed by atoms with Gasteiger partial charge in [-0.2, -0.15) is 31.6 Å². The Balaban J connectivity index is 3.74. The Morgan fingerprint density at radius 2 is 1.53 bits per heavy atom. The summed E-state index contributed by atoms with van der Waals surface area (Å²) in [6.07, 6.45) is -10.5. The van der Waals surface area contributed by atoms with Gasteiger partial charge in [0.2, 0.25) is 0 Å². The molecule has 0 atom stereocenters. The van der Waals surface area contributed by atoms with E-state index in [1.807, 2.05) is 0 Å². The van der Waals surface area contributed by atoms with Gasteiger partial charge >= 0.3 is 18.3 Å². The van der Waals surface area contributed by atoms with Gasteiger partial charge in [0.25, 0.3) is 0 Å². The number of rotatable bonds is 1. The van der Waals surface area contributed by atoms with E-state index in [1.54, 1.807) is 0 Å². The number of nitrogens with zero attached hydrogens (tertiary/aromatic N) is 1. The van der Waals surface area contributed by atoms with Gasteiger partial charge in [0, 0.05) is 0 Å². The molecule has 0 aliphatic carbocycles. The third-order valence-electron chi connectivity index (χ3n) is 2.12. The first kappa shape index (κ1) is 14.8. The van der Waals surface area contributed by atoms with E-state index >= 15 is 0 Å². The zero-order chi connectivity index (χ0) is 15.0. The number of hydrogen-bond donors (Lipinski definition) is 1. The van der Waals surface area contributed by atoms with Crippen LogP contribution in [-0.2, 0) is 12.4 Å². The van der Waals surface area contributed by atoms with Crippen LogP contribution in [0.15, 0.2) is 12.1 Å². The number of hydrogen-bond acceptors (Lipinski definition) is 2. The summed E-state index contributed by atoms with van der Waals surface area (Å²) in [5.74, 6) is -2.07. The molecular formula is C10H3F6NO2. The highest BCUT2D eigenvalue weighted by Gasteiger charge is 2.41. The summed E-state index contributed by atoms with van der Waals surface area (Å²) in [4.78, 5) is 10.6. The molecule has 0 aliphatic rings. The normalized spacial score (nSPS) is 12.1. The molecule has 1 aromatic rings. The molecule has 102 valence electrons. The van der Waals surface area contributed by atoms with E-state index in [9.17, 15) is 31.1 Å². The van der Waals surface area contributed by atoms with Crippen LogP contribution in [0.4, 0.5) is 26.3 Å². The van der Waals surface area contributed by atoms with Gasteiger partial charge in [0.15, 0.2) is 0 Å². The first-order valence-corrected chi connectivity index (χ1v) is 4.44. The van der Waals surface area contributed by atoms with Gasteiger partial charge in [0.05, 0.1) is 28.3 Å². The maximum absolute atomic E-state index is 12.5. The van der Waals surface area contributed by atoms with Crippen molar-refractivity contribution < 1.29 is 36.2 Å². The van der Waals surface area contributed by atoms with Crippen molar-refractivity contribution in [1.29, 1.82) is 5.26 Å². The lowest BCUT2D eigenvalue weighted by atomic mass is 9.98. The van der Waals surface area contributed by atoms with Crippen molar-refractivity contribution in [2.45, 2.75) is 12.4 Å². The molecule has 1 rings (SSSR count). The van der Waals surface area contributed by atoms with Crippen LogP contribution in [-0.4, -0.2) is 11.1 Å². The average Bonchev–Trinajstić information content (AvgIpc) is 2.24. The Bertz CT molecular complexity index is 567. The number of carboxylic acid groups (broad SMARTS) is 1. The zero-order valence-corrected chi connectivity index (χ0v) is 8.73. The maximum atomic E-state index is 12.5. The Kier molecular flexibility index (Phi) is 3.48. The summed E-state index contributed by atoms with van der Waals surface area (Å²) in [5, 5.41) is 17.0. The second kappa shape index (κ2) is 4.46. The fourth-order valence-electron chi connectivity index (χ4n) is 1.34. The second-order valence-electron chi connectivity index (χ2n) is 3.36. The van der Waals surface area contributed by atoms with Crippen LogP contribution >= 0.6 is 0 Å². The fourth-order valence-corrected chi connectivity index (χ4v) is 1.34. The number of carboxylic acids is 1. The average molecular weight is 283 g/mol. The molecule has 1 aromatic carbocycles. The molecule has 0 radical (unpaired) electrons. The van der Waals surface area contributed by atoms with Crippen molar-refractivity contribution in [3.63, 3.8) is 0 Å². The number of benzene rings is 1. The lowest BCUT2D eigenvalue weighted by Gasteiger charge is -2.15. The van der Waals surface area contributed by atoms with Gasteiger partial charge in [0.1, 0.15) is 0 Å². The standard InChI is InChI=1S/C10H3F6NO2/c11-9(12,13)6-2-7(10(14,15)16)5(8(18)19)1-4(6)3-17/h1-2H,(H,18,19). The number of halogens is 6. The van der Waals surface area contributed by atoms with E-state index in [0.717, 1.165) is 6.07 Å². The van der Waals surface area contributed by atoms with Crippen LogP contribution < -0.4 is 0 Å². The topological polar surface area (TPSA) is 61.1 Å². The zero-order valence-electron chi connectivity index (χ0n) is 8.73. The molecule has 9 heteroatoms. The molecule has 19 heavy (non-hydrogen) atoms. The highest BCUT2D eigenvalue weighted by Crippen LogP contribution is 2.39. The van der Waals surface area contributed by atoms with Gasteiger partial charge in [-0.3, -0.25) is 0 Å². The Morgan fingerprint density at radius 3 is 1.84 bits per heavy atom. The first-order chi connectivity index (χ1) is 8.48. The molecule has 3 nitrogen and oxygen atoms in total. The van der Waals surface area contributed by atoms with Crippen LogP contribution in [0.2, 0.25) is 0 Å². The lowest BCUT2D eigenvalue weighted by molar-refractivity contribution is -0.143. The van der Waals surface area contributed by atoms with Crippen molar-refractivity contribution in [3.05, 3.63) is 34.4 Å². The van der Waals surface area contributed by atoms with Crippen LogP contribution in [0, 0.1) is 11.3 Å². The number of alkyl halides is 6. The highest BCUT2D eigenvalue weighted by atomic mass is 19.4. The summed E-state index contributed by atoms with van der Waals surface area (Å²) in [6, 6.07) is 0.716. The molecule has 0 amide bonds. The smallest absolute Gasteiger partial charge is 0.417 e. The first-order valence-electron chi connectivity index (χ1n) is 4.44. The highest BCUT2D eigenvalue weighted by molar-refractivity contribution is 5.90. The molecule has 0 spiro atoms. The minimum absolute atomic E-state index is 0.0635. The summed E-state index contributed by atoms with van der Waals surface area (Å²) >= 11 is 0. The number of nitriles is 1. The molecule has 0 heterocycles. The molecule has 1 N–H and O–H groups in total. The van der Waals surface area contributed by atoms with Gasteiger partial charge in [-0.25, -0.2) is 4.79 Å². The summed E-state index contributed by atoms with van der Waals surface area (Å²) in [7, 11) is 0. The Morgan fingerprint density at radius 1 is 1.05 bits per heavy atom. The monoisotopic (exact) mass is 283 g/mol. The fraction of sp³-hybridized carbons (Fsp3) is 0.200. The van der Waals surface area contributed by atoms with Gasteiger partial charge in [-0.1, -0.05) is 0 Å². The van der Waals surface area contributed by atoms with E-state index in [2.05, 4.69) is 0 Å². The van der Waals surface area contributed by atoms with Gasteiger partial charge in [-0.15, -0.1) is 0 Å². The predicted octanol–water partition coefficient (Wildman–Crippen LogP) is 3.29. The third-order valence-corrected chi connectivity index (χ3v) is 2.12. The Labute approximate surface area is 101 Å². The molecule has 0 saturated heterocycles. The summed E-state index contributed by atoms with van der Waals surface area (Å²) < 4.78 is 74.9. The number of aromatic carboxylic acids is 1. The molecule has 0 saturated carbocycles. The molecule has 0 aliphatic heterocycles. The van der Waals surface area contributed by atoms with Crippen molar-refractivity contribution in [1.82, 2.24) is 0 Å². The third kappa shape index (κ3) is 2.96. The van der Waals surface area contributed by atoms with Gasteiger partial charge in [-0.05, 0) is 12.1 Å². The van der Waals surface area contributed by atoms with Crippen LogP contribution in [0.3, 0.4) is 0 Å². The minimum Gasteiger partial charge on any atom is -0.478 e. The molecule has 0 unspecified atom stereocenters. The number of carbonyl (C=O) groups is 1. The Hall–Kier alpha value is -2.24. The van der Waals surface area contributed by atoms with Gasteiger partial charge < -0.3 is 5.11 Å². The molecule has 0 aromatic heterocycles. The molecule has 0 bridgehead atoms. The van der Waals surface area contributed by atoms with E-state index in [1.165, 1.54) is 0 Å². The lowest BCUT2D eigenvalue weighted by Crippen LogP contribution is -2.17. The SMILES string of the molecule is N#Cc1cc(C(=O)O)c(C(F)(F)F)cc1C(F)(F)F. The largest absolute Gasteiger partial charge is 0.478 e. The summed E-state index contributed by atoms with van der Waals surface area (Å²) in [6.45, 7) is 0. The quantitative estimate of drug-likeness (QED) is 0.804. The van der Waals surface area contributed by atoms with Crippen molar-refractivity contribution in [2.75, 3.05) is 0 Å². The van der Waals surface area contributed by atoms with E-state index in [0.29, 0.717) is 0 Å². The van der Waals surface area contributed by atoms with Crippen molar-refractivity contribution in [3.8, 4) is 6.07 Å². The summed E-state index contributed by atoms with van der Waals surface area (Å²) in [5.41, 5.74) is -6.37. The van der Waals surface area contributed by atoms with E-state index < -0.39 is 40.6 Å². The second-order valence-corrected chi connectivity index (χ2v) is 3.36. The minimum atomic E-state index is -5.28. The molecular weight excluding hydrogens is 280 g/mol. The van der Waals surface area contributed by atoms with Crippen LogP contribution in [0.5, 0.6) is 0 Å².